The van der Waals surface area contributed by atoms with Gasteiger partial charge in [-0.15, -0.1) is 0 Å². The molecule has 0 aliphatic heterocycles. The van der Waals surface area contributed by atoms with Crippen LogP contribution in [-0.4, -0.2) is 8.42 Å². The van der Waals surface area contributed by atoms with Gasteiger partial charge in [0.25, 0.3) is 0 Å². The third-order valence-corrected chi connectivity index (χ3v) is 4.62. The topological polar surface area (TPSA) is 69.4 Å². The van der Waals surface area contributed by atoms with Gasteiger partial charge in [0.15, 0.2) is 0 Å². The maximum absolute atomic E-state index is 13.7. The predicted molar refractivity (Wildman–Crippen MR) is 83.9 cm³/mol. The third kappa shape index (κ3) is 4.26. The molecule has 0 fully saturated rings. The molecule has 0 saturated carbocycles. The normalized spacial score (nSPS) is 11.4. The van der Waals surface area contributed by atoms with E-state index < -0.39 is 20.7 Å². The third-order valence-electron chi connectivity index (χ3n) is 2.58. The molecule has 8 heteroatoms. The van der Waals surface area contributed by atoms with Crippen LogP contribution in [0, 0.1) is 5.82 Å². The van der Waals surface area contributed by atoms with Gasteiger partial charge < -0.3 is 4.74 Å². The lowest BCUT2D eigenvalue weighted by Gasteiger charge is -2.10. The van der Waals surface area contributed by atoms with Gasteiger partial charge in [0, 0.05) is 10.5 Å². The second-order valence-corrected chi connectivity index (χ2v) is 7.48. The molecule has 0 saturated heterocycles. The van der Waals surface area contributed by atoms with E-state index in [1.165, 1.54) is 0 Å². The number of rotatable bonds is 4. The highest BCUT2D eigenvalue weighted by Gasteiger charge is 2.18. The summed E-state index contributed by atoms with van der Waals surface area (Å²) in [6, 6.07) is 9.52. The Hall–Kier alpha value is -0.960. The SMILES string of the molecule is NS(=O)(=O)c1cc(Br)c(OCc2cccc(Br)c2)cc1F. The van der Waals surface area contributed by atoms with Crippen molar-refractivity contribution in [1.29, 1.82) is 0 Å². The molecule has 0 aromatic heterocycles. The van der Waals surface area contributed by atoms with Gasteiger partial charge >= 0.3 is 0 Å². The highest BCUT2D eigenvalue weighted by Crippen LogP contribution is 2.30. The van der Waals surface area contributed by atoms with E-state index >= 15 is 0 Å². The first-order chi connectivity index (χ1) is 9.77. The van der Waals surface area contributed by atoms with E-state index in [0.29, 0.717) is 4.47 Å². The lowest BCUT2D eigenvalue weighted by molar-refractivity contribution is 0.302. The van der Waals surface area contributed by atoms with E-state index in [2.05, 4.69) is 31.9 Å². The van der Waals surface area contributed by atoms with E-state index in [1.54, 1.807) is 0 Å². The second-order valence-electron chi connectivity index (χ2n) is 4.18. The van der Waals surface area contributed by atoms with Crippen molar-refractivity contribution in [2.45, 2.75) is 11.5 Å². The molecule has 0 amide bonds. The van der Waals surface area contributed by atoms with Gasteiger partial charge in [0.1, 0.15) is 23.1 Å². The molecule has 0 aliphatic carbocycles. The molecule has 0 heterocycles. The quantitative estimate of drug-likeness (QED) is 0.793. The molecule has 2 aromatic carbocycles. The highest BCUT2D eigenvalue weighted by atomic mass is 79.9. The Morgan fingerprint density at radius 3 is 2.52 bits per heavy atom. The summed E-state index contributed by atoms with van der Waals surface area (Å²) in [5.74, 6) is -0.759. The van der Waals surface area contributed by atoms with Crippen molar-refractivity contribution in [2.24, 2.45) is 5.14 Å². The van der Waals surface area contributed by atoms with Gasteiger partial charge in [0.05, 0.1) is 4.47 Å². The monoisotopic (exact) mass is 437 g/mol. The first-order valence-electron chi connectivity index (χ1n) is 5.66. The second kappa shape index (κ2) is 6.43. The van der Waals surface area contributed by atoms with Crippen LogP contribution in [0.5, 0.6) is 5.75 Å². The van der Waals surface area contributed by atoms with Gasteiger partial charge in [-0.25, -0.2) is 17.9 Å². The molecule has 2 rings (SSSR count). The molecule has 21 heavy (non-hydrogen) atoms. The van der Waals surface area contributed by atoms with Crippen LogP contribution in [0.2, 0.25) is 0 Å². The highest BCUT2D eigenvalue weighted by molar-refractivity contribution is 9.10. The minimum Gasteiger partial charge on any atom is -0.488 e. The number of nitrogens with two attached hydrogens (primary N) is 1. The summed E-state index contributed by atoms with van der Waals surface area (Å²) in [5, 5.41) is 4.92. The zero-order chi connectivity index (χ0) is 15.6. The van der Waals surface area contributed by atoms with E-state index in [0.717, 1.165) is 22.2 Å². The fraction of sp³-hybridized carbons (Fsp3) is 0.0769. The maximum Gasteiger partial charge on any atom is 0.241 e. The average molecular weight is 439 g/mol. The van der Waals surface area contributed by atoms with Gasteiger partial charge in [-0.3, -0.25) is 0 Å². The number of hydrogen-bond acceptors (Lipinski definition) is 3. The number of ether oxygens (including phenoxy) is 1. The van der Waals surface area contributed by atoms with E-state index in [4.69, 9.17) is 9.88 Å². The lowest BCUT2D eigenvalue weighted by Crippen LogP contribution is -2.14. The van der Waals surface area contributed by atoms with Crippen LogP contribution in [-0.2, 0) is 16.6 Å². The van der Waals surface area contributed by atoms with Crippen LogP contribution in [0.3, 0.4) is 0 Å². The first kappa shape index (κ1) is 16.4. The number of benzene rings is 2. The Morgan fingerprint density at radius 2 is 1.90 bits per heavy atom. The summed E-state index contributed by atoms with van der Waals surface area (Å²) in [4.78, 5) is -0.579. The van der Waals surface area contributed by atoms with Gasteiger partial charge in [-0.2, -0.15) is 0 Å². The van der Waals surface area contributed by atoms with Crippen molar-refractivity contribution in [1.82, 2.24) is 0 Å². The Morgan fingerprint density at radius 1 is 1.19 bits per heavy atom. The molecular formula is C13H10Br2FNO3S. The minimum atomic E-state index is -4.11. The Bertz CT molecular complexity index is 781. The van der Waals surface area contributed by atoms with Crippen LogP contribution < -0.4 is 9.88 Å². The fourth-order valence-corrected chi connectivity index (χ4v) is 3.30. The number of hydrogen-bond donors (Lipinski definition) is 1. The van der Waals surface area contributed by atoms with Gasteiger partial charge in [-0.05, 0) is 39.7 Å². The van der Waals surface area contributed by atoms with Crippen LogP contribution in [0.25, 0.3) is 0 Å². The standard InChI is InChI=1S/C13H10Br2FNO3S/c14-9-3-1-2-8(4-9)7-20-12-6-11(16)13(5-10(12)15)21(17,18)19/h1-6H,7H2,(H2,17,18,19). The summed E-state index contributed by atoms with van der Waals surface area (Å²) in [6.45, 7) is 0.214. The van der Waals surface area contributed by atoms with E-state index in [1.807, 2.05) is 24.3 Å². The number of sulfonamides is 1. The van der Waals surface area contributed by atoms with Crippen molar-refractivity contribution in [3.8, 4) is 5.75 Å². The fourth-order valence-electron chi connectivity index (χ4n) is 1.63. The summed E-state index contributed by atoms with van der Waals surface area (Å²) in [7, 11) is -4.11. The van der Waals surface area contributed by atoms with E-state index in [9.17, 15) is 12.8 Å². The Balaban J connectivity index is 2.24. The largest absolute Gasteiger partial charge is 0.488 e. The molecule has 0 atom stereocenters. The molecule has 0 bridgehead atoms. The molecule has 112 valence electrons. The molecule has 0 radical (unpaired) electrons. The summed E-state index contributed by atoms with van der Waals surface area (Å²) < 4.78 is 42.9. The molecule has 2 aromatic rings. The van der Waals surface area contributed by atoms with Crippen LogP contribution >= 0.6 is 31.9 Å². The van der Waals surface area contributed by atoms with Crippen molar-refractivity contribution < 1.29 is 17.5 Å². The lowest BCUT2D eigenvalue weighted by atomic mass is 10.2. The summed E-state index contributed by atoms with van der Waals surface area (Å²) in [6.07, 6.45) is 0. The summed E-state index contributed by atoms with van der Waals surface area (Å²) >= 11 is 6.48. The van der Waals surface area contributed by atoms with Gasteiger partial charge in [0.2, 0.25) is 10.0 Å². The zero-order valence-electron chi connectivity index (χ0n) is 10.5. The first-order valence-corrected chi connectivity index (χ1v) is 8.79. The van der Waals surface area contributed by atoms with Crippen LogP contribution in [0.1, 0.15) is 5.56 Å². The Kier molecular flexibility index (Phi) is 5.03. The maximum atomic E-state index is 13.7. The van der Waals surface area contributed by atoms with Crippen molar-refractivity contribution in [3.05, 3.63) is 56.7 Å². The van der Waals surface area contributed by atoms with E-state index in [-0.39, 0.29) is 12.4 Å². The van der Waals surface area contributed by atoms with Crippen molar-refractivity contribution >= 4 is 41.9 Å². The van der Waals surface area contributed by atoms with Gasteiger partial charge in [-0.1, -0.05) is 28.1 Å². The van der Waals surface area contributed by atoms with Crippen LogP contribution in [0.15, 0.2) is 50.2 Å². The minimum absolute atomic E-state index is 0.194. The Labute approximate surface area is 138 Å². The number of halogens is 3. The van der Waals surface area contributed by atoms with Crippen molar-refractivity contribution in [3.63, 3.8) is 0 Å². The zero-order valence-corrected chi connectivity index (χ0v) is 14.5. The molecule has 0 unspecified atom stereocenters. The molecule has 0 aliphatic rings. The molecule has 4 nitrogen and oxygen atoms in total. The summed E-state index contributed by atoms with van der Waals surface area (Å²) in [5.41, 5.74) is 0.882. The molecular weight excluding hydrogens is 429 g/mol. The van der Waals surface area contributed by atoms with Crippen molar-refractivity contribution in [2.75, 3.05) is 0 Å². The number of primary sulfonamides is 1. The molecule has 0 spiro atoms. The van der Waals surface area contributed by atoms with Crippen LogP contribution in [0.4, 0.5) is 4.39 Å². The molecule has 2 N–H and O–H groups in total. The predicted octanol–water partition coefficient (Wildman–Crippen LogP) is 3.58. The smallest absolute Gasteiger partial charge is 0.241 e. The average Bonchev–Trinajstić information content (AvgIpc) is 2.38.